The summed E-state index contributed by atoms with van der Waals surface area (Å²) in [6, 6.07) is 97.4. The molecule has 0 saturated heterocycles. The number of benzene rings is 11. The highest BCUT2D eigenvalue weighted by Crippen LogP contribution is 2.41. The lowest BCUT2D eigenvalue weighted by Crippen LogP contribution is -1.95. The Labute approximate surface area is 395 Å². The van der Waals surface area contributed by atoms with E-state index in [-0.39, 0.29) is 0 Å². The highest BCUT2D eigenvalue weighted by molar-refractivity contribution is 6.10. The molecule has 68 heavy (non-hydrogen) atoms. The molecule has 13 rings (SSSR count). The molecule has 318 valence electrons. The van der Waals surface area contributed by atoms with Crippen LogP contribution in [-0.2, 0) is 0 Å². The molecule has 0 aliphatic rings. The van der Waals surface area contributed by atoms with Gasteiger partial charge in [-0.1, -0.05) is 200 Å². The fourth-order valence-electron chi connectivity index (χ4n) is 10.5. The van der Waals surface area contributed by atoms with Gasteiger partial charge in [0.1, 0.15) is 0 Å². The Morgan fingerprint density at radius 1 is 0.176 bits per heavy atom. The van der Waals surface area contributed by atoms with Crippen molar-refractivity contribution in [3.05, 3.63) is 267 Å². The first-order chi connectivity index (χ1) is 33.7. The van der Waals surface area contributed by atoms with Crippen molar-refractivity contribution in [1.82, 2.24) is 9.13 Å². The average molecular weight is 865 g/mol. The molecule has 0 atom stereocenters. The van der Waals surface area contributed by atoms with Crippen molar-refractivity contribution in [3.63, 3.8) is 0 Å². The van der Waals surface area contributed by atoms with E-state index in [1.54, 1.807) is 0 Å². The molecule has 0 aliphatic heterocycles. The van der Waals surface area contributed by atoms with Gasteiger partial charge in [0.25, 0.3) is 0 Å². The Bertz CT molecular complexity index is 3890. The number of hydrogen-bond donors (Lipinski definition) is 0. The summed E-state index contributed by atoms with van der Waals surface area (Å²) in [5.74, 6) is 0. The highest BCUT2D eigenvalue weighted by atomic mass is 15.0. The van der Waals surface area contributed by atoms with Crippen molar-refractivity contribution < 1.29 is 0 Å². The molecular formula is C66H44N2. The summed E-state index contributed by atoms with van der Waals surface area (Å²) in [5.41, 5.74) is 21.4. The summed E-state index contributed by atoms with van der Waals surface area (Å²) < 4.78 is 4.78. The zero-order valence-electron chi connectivity index (χ0n) is 37.3. The van der Waals surface area contributed by atoms with Gasteiger partial charge in [-0.15, -0.1) is 0 Å². The number of hydrogen-bond acceptors (Lipinski definition) is 0. The third-order valence-electron chi connectivity index (χ3n) is 13.8. The smallest absolute Gasteiger partial charge is 0.0541 e. The van der Waals surface area contributed by atoms with Crippen LogP contribution in [0, 0.1) is 0 Å². The average Bonchev–Trinajstić information content (AvgIpc) is 3.94. The summed E-state index contributed by atoms with van der Waals surface area (Å²) in [4.78, 5) is 0. The fourth-order valence-corrected chi connectivity index (χ4v) is 10.5. The molecule has 0 fully saturated rings. The minimum atomic E-state index is 1.14. The van der Waals surface area contributed by atoms with Crippen LogP contribution in [-0.4, -0.2) is 9.13 Å². The monoisotopic (exact) mass is 864 g/mol. The van der Waals surface area contributed by atoms with Crippen molar-refractivity contribution >= 4 is 43.6 Å². The van der Waals surface area contributed by atoms with Gasteiger partial charge in [0.15, 0.2) is 0 Å². The van der Waals surface area contributed by atoms with Gasteiger partial charge in [-0.25, -0.2) is 0 Å². The number of nitrogens with zero attached hydrogens (tertiary/aromatic N) is 2. The third-order valence-corrected chi connectivity index (χ3v) is 13.8. The lowest BCUT2D eigenvalue weighted by molar-refractivity contribution is 1.18. The van der Waals surface area contributed by atoms with E-state index in [1.807, 2.05) is 0 Å². The van der Waals surface area contributed by atoms with Crippen molar-refractivity contribution in [2.75, 3.05) is 0 Å². The topological polar surface area (TPSA) is 9.86 Å². The minimum Gasteiger partial charge on any atom is -0.309 e. The van der Waals surface area contributed by atoms with Crippen molar-refractivity contribution in [2.24, 2.45) is 0 Å². The van der Waals surface area contributed by atoms with Crippen LogP contribution < -0.4 is 0 Å². The zero-order chi connectivity index (χ0) is 45.0. The van der Waals surface area contributed by atoms with Gasteiger partial charge in [0.05, 0.1) is 22.1 Å². The fraction of sp³-hybridized carbons (Fsp3) is 0. The van der Waals surface area contributed by atoms with Gasteiger partial charge in [-0.05, 0) is 133 Å². The van der Waals surface area contributed by atoms with Crippen molar-refractivity contribution in [3.8, 4) is 78.1 Å². The predicted octanol–water partition coefficient (Wildman–Crippen LogP) is 17.9. The van der Waals surface area contributed by atoms with Crippen molar-refractivity contribution in [2.45, 2.75) is 0 Å². The third kappa shape index (κ3) is 6.73. The number of fused-ring (bicyclic) bond motifs is 6. The maximum atomic E-state index is 2.39. The number of para-hydroxylation sites is 4. The lowest BCUT2D eigenvalue weighted by atomic mass is 9.89. The second kappa shape index (κ2) is 16.5. The Hall–Kier alpha value is -8.98. The molecule has 0 spiro atoms. The van der Waals surface area contributed by atoms with Gasteiger partial charge >= 0.3 is 0 Å². The van der Waals surface area contributed by atoms with Gasteiger partial charge in [-0.2, -0.15) is 0 Å². The van der Waals surface area contributed by atoms with Gasteiger partial charge in [-0.3, -0.25) is 0 Å². The quantitative estimate of drug-likeness (QED) is 0.144. The van der Waals surface area contributed by atoms with Crippen LogP contribution in [0.2, 0.25) is 0 Å². The summed E-state index contributed by atoms with van der Waals surface area (Å²) in [5, 5.41) is 5.05. The maximum absolute atomic E-state index is 2.39. The van der Waals surface area contributed by atoms with Crippen LogP contribution in [0.1, 0.15) is 0 Å². The minimum absolute atomic E-state index is 1.14. The summed E-state index contributed by atoms with van der Waals surface area (Å²) in [6.07, 6.45) is 0. The van der Waals surface area contributed by atoms with E-state index in [9.17, 15) is 0 Å². The molecule has 2 nitrogen and oxygen atoms in total. The van der Waals surface area contributed by atoms with E-state index >= 15 is 0 Å². The van der Waals surface area contributed by atoms with E-state index in [0.29, 0.717) is 0 Å². The van der Waals surface area contributed by atoms with Crippen LogP contribution in [0.25, 0.3) is 122 Å². The summed E-state index contributed by atoms with van der Waals surface area (Å²) >= 11 is 0. The molecular weight excluding hydrogens is 821 g/mol. The highest BCUT2D eigenvalue weighted by Gasteiger charge is 2.17. The first kappa shape index (κ1) is 39.4. The Morgan fingerprint density at radius 2 is 0.500 bits per heavy atom. The van der Waals surface area contributed by atoms with E-state index in [0.717, 1.165) is 16.9 Å². The Morgan fingerprint density at radius 3 is 0.971 bits per heavy atom. The summed E-state index contributed by atoms with van der Waals surface area (Å²) in [7, 11) is 0. The van der Waals surface area contributed by atoms with Crippen LogP contribution >= 0.6 is 0 Å². The van der Waals surface area contributed by atoms with E-state index in [1.165, 1.54) is 105 Å². The van der Waals surface area contributed by atoms with Gasteiger partial charge < -0.3 is 9.13 Å². The normalized spacial score (nSPS) is 11.5. The largest absolute Gasteiger partial charge is 0.309 e. The van der Waals surface area contributed by atoms with Crippen LogP contribution in [0.4, 0.5) is 0 Å². The number of aromatic nitrogens is 2. The molecule has 13 aromatic rings. The molecule has 0 saturated carbocycles. The first-order valence-corrected chi connectivity index (χ1v) is 23.4. The molecule has 0 unspecified atom stereocenters. The molecule has 0 radical (unpaired) electrons. The van der Waals surface area contributed by atoms with E-state index in [4.69, 9.17) is 0 Å². The molecule has 0 aliphatic carbocycles. The molecule has 2 aromatic heterocycles. The Balaban J connectivity index is 0.924. The van der Waals surface area contributed by atoms with Crippen LogP contribution in [0.3, 0.4) is 0 Å². The number of rotatable bonds is 8. The van der Waals surface area contributed by atoms with E-state index < -0.39 is 0 Å². The zero-order valence-corrected chi connectivity index (χ0v) is 37.3. The van der Waals surface area contributed by atoms with Crippen molar-refractivity contribution in [1.29, 1.82) is 0 Å². The maximum Gasteiger partial charge on any atom is 0.0541 e. The SMILES string of the molecule is c1ccc(-c2cccc(-c3ccccc3-c3cccc(-c4ccc(-c5ccc(-n6c7ccccc7c7ccccc76)cc5)c(-c5ccc(-n6c7ccccc7c7ccccc76)cc5)c4)c3)c2)cc1. The summed E-state index contributed by atoms with van der Waals surface area (Å²) in [6.45, 7) is 0. The standard InChI is InChI=1S/C66H44N2/c1-2-16-45(17-3-1)48-18-14-20-51(42-48)55-22-4-5-23-56(55)52-21-15-19-49(43-52)50-36-41-57(46-32-37-53(38-33-46)67-63-28-10-6-24-58(63)59-25-7-11-29-64(59)67)62(44-50)47-34-39-54(40-35-47)68-65-30-12-8-26-60(65)61-27-9-13-31-66(61)68/h1-44H. The first-order valence-electron chi connectivity index (χ1n) is 23.4. The molecule has 0 bridgehead atoms. The predicted molar refractivity (Wildman–Crippen MR) is 288 cm³/mol. The second-order valence-electron chi connectivity index (χ2n) is 17.7. The second-order valence-corrected chi connectivity index (χ2v) is 17.7. The molecule has 11 aromatic carbocycles. The Kier molecular flexibility index (Phi) is 9.54. The molecule has 0 amide bonds. The molecule has 0 N–H and O–H groups in total. The molecule has 2 heterocycles. The lowest BCUT2D eigenvalue weighted by Gasteiger charge is -2.16. The van der Waals surface area contributed by atoms with Crippen LogP contribution in [0.5, 0.6) is 0 Å². The molecule has 2 heteroatoms. The van der Waals surface area contributed by atoms with Gasteiger partial charge in [0.2, 0.25) is 0 Å². The van der Waals surface area contributed by atoms with E-state index in [2.05, 4.69) is 276 Å². The van der Waals surface area contributed by atoms with Gasteiger partial charge in [0, 0.05) is 32.9 Å². The van der Waals surface area contributed by atoms with Crippen LogP contribution in [0.15, 0.2) is 267 Å².